The van der Waals surface area contributed by atoms with Crippen LogP contribution in [0, 0.1) is 0 Å². The van der Waals surface area contributed by atoms with Crippen molar-refractivity contribution in [2.75, 3.05) is 20.2 Å². The van der Waals surface area contributed by atoms with Crippen LogP contribution < -0.4 is 0 Å². The highest BCUT2D eigenvalue weighted by molar-refractivity contribution is 7.89. The summed E-state index contributed by atoms with van der Waals surface area (Å²) in [5.41, 5.74) is 0. The summed E-state index contributed by atoms with van der Waals surface area (Å²) in [5, 5.41) is 8.62. The van der Waals surface area contributed by atoms with Gasteiger partial charge in [-0.25, -0.2) is 18.4 Å². The second kappa shape index (κ2) is 4.84. The van der Waals surface area contributed by atoms with Crippen molar-refractivity contribution in [2.45, 2.75) is 4.90 Å². The smallest absolute Gasteiger partial charge is 0.245 e. The topological polar surface area (TPSA) is 83.4 Å². The maximum Gasteiger partial charge on any atom is 0.245 e. The first-order valence-electron chi connectivity index (χ1n) is 4.03. The molecule has 0 spiro atoms. The minimum atomic E-state index is -3.63. The van der Waals surface area contributed by atoms with Gasteiger partial charge in [0.25, 0.3) is 0 Å². The monoisotopic (exact) mass is 251 g/mol. The lowest BCUT2D eigenvalue weighted by Crippen LogP contribution is -2.29. The van der Waals surface area contributed by atoms with E-state index in [1.54, 1.807) is 0 Å². The molecule has 0 unspecified atom stereocenters. The zero-order valence-electron chi connectivity index (χ0n) is 7.96. The summed E-state index contributed by atoms with van der Waals surface area (Å²) in [6.07, 6.45) is 2.25. The predicted octanol–water partition coefficient (Wildman–Crippen LogP) is -0.257. The molecule has 1 heterocycles. The van der Waals surface area contributed by atoms with Gasteiger partial charge in [0, 0.05) is 13.6 Å². The minimum absolute atomic E-state index is 0.0150. The SMILES string of the molecule is CN(CCO)S(=O)(=O)c1cnc(Cl)nc1. The van der Waals surface area contributed by atoms with Gasteiger partial charge in [-0.05, 0) is 11.6 Å². The van der Waals surface area contributed by atoms with E-state index in [-0.39, 0.29) is 23.3 Å². The molecule has 0 saturated heterocycles. The quantitative estimate of drug-likeness (QED) is 0.746. The Kier molecular flexibility index (Phi) is 3.97. The summed E-state index contributed by atoms with van der Waals surface area (Å²) in [4.78, 5) is 7.09. The molecule has 0 aliphatic heterocycles. The van der Waals surface area contributed by atoms with Crippen molar-refractivity contribution < 1.29 is 13.5 Å². The molecular formula is C7H10ClN3O3S. The van der Waals surface area contributed by atoms with E-state index < -0.39 is 10.0 Å². The number of nitrogens with zero attached hydrogens (tertiary/aromatic N) is 3. The summed E-state index contributed by atoms with van der Waals surface area (Å²) in [6, 6.07) is 0. The Morgan fingerprint density at radius 1 is 1.47 bits per heavy atom. The molecule has 1 aromatic heterocycles. The van der Waals surface area contributed by atoms with Crippen molar-refractivity contribution in [2.24, 2.45) is 0 Å². The summed E-state index contributed by atoms with van der Waals surface area (Å²) >= 11 is 5.43. The van der Waals surface area contributed by atoms with Crippen LogP contribution >= 0.6 is 11.6 Å². The number of hydrogen-bond donors (Lipinski definition) is 1. The van der Waals surface area contributed by atoms with Gasteiger partial charge < -0.3 is 5.11 Å². The molecule has 0 fully saturated rings. The van der Waals surface area contributed by atoms with Crippen molar-refractivity contribution in [1.82, 2.24) is 14.3 Å². The molecule has 0 aromatic carbocycles. The number of halogens is 1. The Balaban J connectivity index is 3.01. The number of aliphatic hydroxyl groups excluding tert-OH is 1. The highest BCUT2D eigenvalue weighted by Crippen LogP contribution is 2.12. The molecule has 0 amide bonds. The number of aromatic nitrogens is 2. The molecule has 84 valence electrons. The van der Waals surface area contributed by atoms with Crippen LogP contribution in [0.25, 0.3) is 0 Å². The maximum absolute atomic E-state index is 11.7. The van der Waals surface area contributed by atoms with E-state index in [2.05, 4.69) is 9.97 Å². The molecule has 1 aromatic rings. The van der Waals surface area contributed by atoms with E-state index in [4.69, 9.17) is 16.7 Å². The standard InChI is InChI=1S/C7H10ClN3O3S/c1-11(2-3-12)15(13,14)6-4-9-7(8)10-5-6/h4-5,12H,2-3H2,1H3. The third-order valence-corrected chi connectivity index (χ3v) is 3.72. The van der Waals surface area contributed by atoms with Gasteiger partial charge in [-0.1, -0.05) is 0 Å². The van der Waals surface area contributed by atoms with Crippen molar-refractivity contribution >= 4 is 21.6 Å². The van der Waals surface area contributed by atoms with Gasteiger partial charge in [0.1, 0.15) is 4.90 Å². The van der Waals surface area contributed by atoms with E-state index in [0.717, 1.165) is 16.7 Å². The van der Waals surface area contributed by atoms with Crippen molar-refractivity contribution in [1.29, 1.82) is 0 Å². The molecule has 15 heavy (non-hydrogen) atoms. The van der Waals surface area contributed by atoms with Crippen LogP contribution in [0.15, 0.2) is 17.3 Å². The third-order valence-electron chi connectivity index (χ3n) is 1.72. The first kappa shape index (κ1) is 12.3. The normalized spacial score (nSPS) is 12.0. The van der Waals surface area contributed by atoms with E-state index in [9.17, 15) is 8.42 Å². The lowest BCUT2D eigenvalue weighted by molar-refractivity contribution is 0.266. The Labute approximate surface area is 92.6 Å². The van der Waals surface area contributed by atoms with Crippen molar-refractivity contribution in [3.63, 3.8) is 0 Å². The zero-order chi connectivity index (χ0) is 11.5. The Hall–Kier alpha value is -0.760. The fraction of sp³-hybridized carbons (Fsp3) is 0.429. The van der Waals surface area contributed by atoms with Gasteiger partial charge in [0.15, 0.2) is 0 Å². The summed E-state index contributed by atoms with van der Waals surface area (Å²) in [5.74, 6) is 0. The average molecular weight is 252 g/mol. The Morgan fingerprint density at radius 3 is 2.47 bits per heavy atom. The molecular weight excluding hydrogens is 242 g/mol. The van der Waals surface area contributed by atoms with Crippen LogP contribution in [0.1, 0.15) is 0 Å². The van der Waals surface area contributed by atoms with Crippen molar-refractivity contribution in [3.8, 4) is 0 Å². The zero-order valence-corrected chi connectivity index (χ0v) is 9.53. The molecule has 0 aliphatic carbocycles. The summed E-state index contributed by atoms with van der Waals surface area (Å²) in [7, 11) is -2.27. The Bertz CT molecular complexity index is 420. The summed E-state index contributed by atoms with van der Waals surface area (Å²) in [6.45, 7) is -0.227. The van der Waals surface area contributed by atoms with Gasteiger partial charge in [0.2, 0.25) is 15.3 Å². The highest BCUT2D eigenvalue weighted by Gasteiger charge is 2.20. The maximum atomic E-state index is 11.7. The molecule has 0 atom stereocenters. The van der Waals surface area contributed by atoms with Crippen LogP contribution in [0.4, 0.5) is 0 Å². The van der Waals surface area contributed by atoms with E-state index in [1.165, 1.54) is 7.05 Å². The molecule has 0 saturated carbocycles. The number of likely N-dealkylation sites (N-methyl/N-ethyl adjacent to an activating group) is 1. The molecule has 0 bridgehead atoms. The van der Waals surface area contributed by atoms with Crippen LogP contribution in [-0.4, -0.2) is 48.0 Å². The van der Waals surface area contributed by atoms with Crippen LogP contribution in [-0.2, 0) is 10.0 Å². The highest BCUT2D eigenvalue weighted by atomic mass is 35.5. The lowest BCUT2D eigenvalue weighted by atomic mass is 10.7. The summed E-state index contributed by atoms with van der Waals surface area (Å²) < 4.78 is 24.5. The fourth-order valence-electron chi connectivity index (χ4n) is 0.875. The van der Waals surface area contributed by atoms with Gasteiger partial charge in [-0.2, -0.15) is 4.31 Å². The van der Waals surface area contributed by atoms with E-state index in [1.807, 2.05) is 0 Å². The second-order valence-electron chi connectivity index (χ2n) is 2.74. The molecule has 1 N–H and O–H groups in total. The fourth-order valence-corrected chi connectivity index (χ4v) is 2.03. The lowest BCUT2D eigenvalue weighted by Gasteiger charge is -2.14. The third kappa shape index (κ3) is 2.85. The minimum Gasteiger partial charge on any atom is -0.395 e. The predicted molar refractivity (Wildman–Crippen MR) is 53.9 cm³/mol. The Morgan fingerprint density at radius 2 is 2.00 bits per heavy atom. The van der Waals surface area contributed by atoms with Gasteiger partial charge >= 0.3 is 0 Å². The first-order chi connectivity index (χ1) is 6.98. The molecule has 0 aliphatic rings. The molecule has 8 heteroatoms. The van der Waals surface area contributed by atoms with Crippen molar-refractivity contribution in [3.05, 3.63) is 17.7 Å². The van der Waals surface area contributed by atoms with Crippen LogP contribution in [0.3, 0.4) is 0 Å². The van der Waals surface area contributed by atoms with Gasteiger partial charge in [0.05, 0.1) is 19.0 Å². The largest absolute Gasteiger partial charge is 0.395 e. The number of sulfonamides is 1. The first-order valence-corrected chi connectivity index (χ1v) is 5.85. The second-order valence-corrected chi connectivity index (χ2v) is 5.12. The number of rotatable bonds is 4. The molecule has 0 radical (unpaired) electrons. The van der Waals surface area contributed by atoms with Gasteiger partial charge in [-0.15, -0.1) is 0 Å². The van der Waals surface area contributed by atoms with Crippen LogP contribution in [0.2, 0.25) is 5.28 Å². The molecule has 6 nitrogen and oxygen atoms in total. The van der Waals surface area contributed by atoms with E-state index in [0.29, 0.717) is 0 Å². The van der Waals surface area contributed by atoms with E-state index >= 15 is 0 Å². The average Bonchev–Trinajstić information content (AvgIpc) is 2.18. The van der Waals surface area contributed by atoms with Gasteiger partial charge in [-0.3, -0.25) is 0 Å². The number of aliphatic hydroxyl groups is 1. The van der Waals surface area contributed by atoms with Crippen LogP contribution in [0.5, 0.6) is 0 Å². The number of hydrogen-bond acceptors (Lipinski definition) is 5. The molecule has 1 rings (SSSR count).